The lowest BCUT2D eigenvalue weighted by Gasteiger charge is -2.24. The number of carbonyl (C=O) groups excluding carboxylic acids is 2. The number of ether oxygens (including phenoxy) is 1. The second kappa shape index (κ2) is 9.47. The lowest BCUT2D eigenvalue weighted by molar-refractivity contribution is -0.114. The number of hydrogen-bond donors (Lipinski definition) is 1. The van der Waals surface area contributed by atoms with Crippen molar-refractivity contribution in [3.8, 4) is 0 Å². The van der Waals surface area contributed by atoms with E-state index in [1.54, 1.807) is 32.0 Å². The molecule has 0 spiro atoms. The summed E-state index contributed by atoms with van der Waals surface area (Å²) in [5.41, 5.74) is 1.31. The fourth-order valence-electron chi connectivity index (χ4n) is 2.53. The molecular formula is C19H20Cl2N2O5S. The summed E-state index contributed by atoms with van der Waals surface area (Å²) >= 11 is 12.2. The Labute approximate surface area is 179 Å². The minimum absolute atomic E-state index is 0.119. The Morgan fingerprint density at radius 3 is 2.41 bits per heavy atom. The lowest BCUT2D eigenvalue weighted by atomic mass is 10.2. The number of carbonyl (C=O) groups is 2. The van der Waals surface area contributed by atoms with Gasteiger partial charge in [-0.15, -0.1) is 0 Å². The molecule has 1 amide bonds. The molecule has 156 valence electrons. The summed E-state index contributed by atoms with van der Waals surface area (Å²) in [4.78, 5) is 24.3. The maximum absolute atomic E-state index is 12.5. The van der Waals surface area contributed by atoms with Crippen molar-refractivity contribution in [1.29, 1.82) is 0 Å². The molecule has 10 heteroatoms. The number of hydrogen-bond acceptors (Lipinski definition) is 5. The normalized spacial score (nSPS) is 11.1. The zero-order chi connectivity index (χ0) is 21.8. The van der Waals surface area contributed by atoms with Crippen molar-refractivity contribution in [2.45, 2.75) is 13.8 Å². The number of amides is 1. The van der Waals surface area contributed by atoms with Gasteiger partial charge >= 0.3 is 5.97 Å². The van der Waals surface area contributed by atoms with Crippen LogP contribution in [0.3, 0.4) is 0 Å². The average Bonchev–Trinajstić information content (AvgIpc) is 2.63. The van der Waals surface area contributed by atoms with Gasteiger partial charge in [-0.2, -0.15) is 0 Å². The number of anilines is 2. The van der Waals surface area contributed by atoms with Crippen molar-refractivity contribution in [3.63, 3.8) is 0 Å². The van der Waals surface area contributed by atoms with E-state index in [-0.39, 0.29) is 22.9 Å². The Kier molecular flexibility index (Phi) is 7.51. The first-order valence-electron chi connectivity index (χ1n) is 8.54. The summed E-state index contributed by atoms with van der Waals surface area (Å²) in [5, 5.41) is 3.06. The first kappa shape index (κ1) is 23.0. The van der Waals surface area contributed by atoms with Crippen LogP contribution in [0.5, 0.6) is 0 Å². The van der Waals surface area contributed by atoms with E-state index >= 15 is 0 Å². The molecule has 0 heterocycles. The van der Waals surface area contributed by atoms with Crippen LogP contribution in [-0.4, -0.2) is 39.7 Å². The molecule has 29 heavy (non-hydrogen) atoms. The van der Waals surface area contributed by atoms with Crippen LogP contribution in [0.15, 0.2) is 36.4 Å². The number of halogens is 2. The van der Waals surface area contributed by atoms with E-state index < -0.39 is 28.4 Å². The quantitative estimate of drug-likeness (QED) is 0.635. The summed E-state index contributed by atoms with van der Waals surface area (Å²) < 4.78 is 30.4. The molecule has 0 fully saturated rings. The fourth-order valence-corrected chi connectivity index (χ4v) is 3.83. The van der Waals surface area contributed by atoms with Gasteiger partial charge < -0.3 is 10.1 Å². The van der Waals surface area contributed by atoms with Crippen LogP contribution in [0.4, 0.5) is 11.4 Å². The zero-order valence-electron chi connectivity index (χ0n) is 16.0. The van der Waals surface area contributed by atoms with Crippen LogP contribution in [0.25, 0.3) is 0 Å². The molecule has 0 radical (unpaired) electrons. The molecule has 0 atom stereocenters. The highest BCUT2D eigenvalue weighted by Crippen LogP contribution is 2.28. The highest BCUT2D eigenvalue weighted by molar-refractivity contribution is 7.92. The standard InChI is InChI=1S/C19H20Cl2N2O5S/c1-4-28-19(25)13-8-9-16(15(21)10-13)22-18(24)11-23(29(3,26)27)17-7-5-6-14(20)12(17)2/h5-10H,4,11H2,1-3H3,(H,22,24). The van der Waals surface area contributed by atoms with Crippen molar-refractivity contribution in [1.82, 2.24) is 0 Å². The molecule has 2 aromatic carbocycles. The van der Waals surface area contributed by atoms with Gasteiger partial charge in [-0.25, -0.2) is 13.2 Å². The van der Waals surface area contributed by atoms with Crippen LogP contribution in [0, 0.1) is 6.92 Å². The van der Waals surface area contributed by atoms with E-state index in [0.717, 1.165) is 10.6 Å². The monoisotopic (exact) mass is 458 g/mol. The molecule has 1 N–H and O–H groups in total. The first-order chi connectivity index (χ1) is 13.5. The molecule has 0 aliphatic carbocycles. The molecule has 2 aromatic rings. The molecule has 7 nitrogen and oxygen atoms in total. The van der Waals surface area contributed by atoms with Gasteiger partial charge in [0.25, 0.3) is 0 Å². The molecule has 0 saturated heterocycles. The molecule has 0 unspecified atom stereocenters. The smallest absolute Gasteiger partial charge is 0.338 e. The van der Waals surface area contributed by atoms with E-state index in [4.69, 9.17) is 27.9 Å². The van der Waals surface area contributed by atoms with Gasteiger partial charge in [-0.1, -0.05) is 29.3 Å². The van der Waals surface area contributed by atoms with Gasteiger partial charge in [0.1, 0.15) is 6.54 Å². The van der Waals surface area contributed by atoms with Crippen LogP contribution in [0.2, 0.25) is 10.0 Å². The molecule has 0 saturated carbocycles. The van der Waals surface area contributed by atoms with Gasteiger partial charge in [0.05, 0.1) is 34.8 Å². The fraction of sp³-hybridized carbons (Fsp3) is 0.263. The van der Waals surface area contributed by atoms with Crippen LogP contribution < -0.4 is 9.62 Å². The molecule has 0 aromatic heterocycles. The third kappa shape index (κ3) is 5.85. The van der Waals surface area contributed by atoms with Crippen molar-refractivity contribution in [3.05, 3.63) is 57.6 Å². The lowest BCUT2D eigenvalue weighted by Crippen LogP contribution is -2.38. The van der Waals surface area contributed by atoms with Gasteiger partial charge in [0, 0.05) is 5.02 Å². The van der Waals surface area contributed by atoms with Gasteiger partial charge in [-0.05, 0) is 49.7 Å². The van der Waals surface area contributed by atoms with E-state index in [0.29, 0.717) is 16.3 Å². The van der Waals surface area contributed by atoms with Gasteiger partial charge in [-0.3, -0.25) is 9.10 Å². The number of nitrogens with zero attached hydrogens (tertiary/aromatic N) is 1. The maximum atomic E-state index is 12.5. The van der Waals surface area contributed by atoms with Crippen molar-refractivity contribution in [2.75, 3.05) is 29.0 Å². The van der Waals surface area contributed by atoms with Gasteiger partial charge in [0.2, 0.25) is 15.9 Å². The van der Waals surface area contributed by atoms with Crippen molar-refractivity contribution < 1.29 is 22.7 Å². The molecule has 0 aliphatic heterocycles. The Hall–Kier alpha value is -2.29. The number of benzene rings is 2. The summed E-state index contributed by atoms with van der Waals surface area (Å²) in [7, 11) is -3.76. The number of sulfonamides is 1. The number of nitrogens with one attached hydrogen (secondary N) is 1. The Morgan fingerprint density at radius 2 is 1.83 bits per heavy atom. The minimum Gasteiger partial charge on any atom is -0.462 e. The largest absolute Gasteiger partial charge is 0.462 e. The number of esters is 1. The minimum atomic E-state index is -3.76. The average molecular weight is 459 g/mol. The van der Waals surface area contributed by atoms with E-state index in [1.807, 2.05) is 0 Å². The topological polar surface area (TPSA) is 92.8 Å². The van der Waals surface area contributed by atoms with Crippen LogP contribution in [0.1, 0.15) is 22.8 Å². The number of rotatable bonds is 7. The Morgan fingerprint density at radius 1 is 1.14 bits per heavy atom. The summed E-state index contributed by atoms with van der Waals surface area (Å²) in [6.45, 7) is 3.09. The van der Waals surface area contributed by atoms with E-state index in [9.17, 15) is 18.0 Å². The predicted octanol–water partition coefficient (Wildman–Crippen LogP) is 3.88. The molecule has 0 bridgehead atoms. The maximum Gasteiger partial charge on any atom is 0.338 e. The summed E-state index contributed by atoms with van der Waals surface area (Å²) in [5.74, 6) is -1.15. The summed E-state index contributed by atoms with van der Waals surface area (Å²) in [6, 6.07) is 9.07. The second-order valence-corrected chi connectivity index (χ2v) is 8.84. The molecule has 0 aliphatic rings. The van der Waals surface area contributed by atoms with Gasteiger partial charge in [0.15, 0.2) is 0 Å². The Bertz CT molecular complexity index is 1040. The zero-order valence-corrected chi connectivity index (χ0v) is 18.4. The van der Waals surface area contributed by atoms with E-state index in [1.165, 1.54) is 18.2 Å². The van der Waals surface area contributed by atoms with Crippen LogP contribution in [-0.2, 0) is 19.6 Å². The van der Waals surface area contributed by atoms with Crippen molar-refractivity contribution >= 4 is 56.5 Å². The van der Waals surface area contributed by atoms with Crippen molar-refractivity contribution in [2.24, 2.45) is 0 Å². The summed E-state index contributed by atoms with van der Waals surface area (Å²) in [6.07, 6.45) is 1.00. The molecule has 2 rings (SSSR count). The molecular weight excluding hydrogens is 439 g/mol. The Balaban J connectivity index is 2.23. The highest BCUT2D eigenvalue weighted by Gasteiger charge is 2.23. The third-order valence-corrected chi connectivity index (χ3v) is 5.80. The predicted molar refractivity (Wildman–Crippen MR) is 114 cm³/mol. The van der Waals surface area contributed by atoms with Crippen LogP contribution >= 0.6 is 23.2 Å². The third-order valence-electron chi connectivity index (χ3n) is 3.95. The second-order valence-electron chi connectivity index (χ2n) is 6.12. The van der Waals surface area contributed by atoms with E-state index in [2.05, 4.69) is 5.32 Å². The highest BCUT2D eigenvalue weighted by atomic mass is 35.5. The first-order valence-corrected chi connectivity index (χ1v) is 11.1. The SMILES string of the molecule is CCOC(=O)c1ccc(NC(=O)CN(c2cccc(Cl)c2C)S(C)(=O)=O)c(Cl)c1.